The van der Waals surface area contributed by atoms with Crippen molar-refractivity contribution in [2.24, 2.45) is 0 Å². The number of thioether (sulfide) groups is 1. The second-order valence-electron chi connectivity index (χ2n) is 4.75. The van der Waals surface area contributed by atoms with Crippen molar-refractivity contribution in [1.82, 2.24) is 0 Å². The zero-order valence-electron chi connectivity index (χ0n) is 12.0. The predicted octanol–water partition coefficient (Wildman–Crippen LogP) is -0.879. The highest BCUT2D eigenvalue weighted by atomic mass is 32.2. The molecule has 1 heterocycles. The molecule has 1 rings (SSSR count). The zero-order chi connectivity index (χ0) is 14.5. The minimum atomic E-state index is -2.46. The Balaban J connectivity index is 2.20. The van der Waals surface area contributed by atoms with E-state index in [4.69, 9.17) is 18.4 Å². The summed E-state index contributed by atoms with van der Waals surface area (Å²) in [5.41, 5.74) is -0.391. The van der Waals surface area contributed by atoms with Gasteiger partial charge < -0.3 is 18.4 Å². The van der Waals surface area contributed by atoms with E-state index in [0.29, 0.717) is 4.90 Å². The van der Waals surface area contributed by atoms with E-state index in [2.05, 4.69) is 0 Å². The fourth-order valence-electron chi connectivity index (χ4n) is 2.07. The topological polar surface area (TPSA) is 69.4 Å². The third kappa shape index (κ3) is 3.78. The van der Waals surface area contributed by atoms with E-state index >= 15 is 0 Å². The summed E-state index contributed by atoms with van der Waals surface area (Å²) in [6.07, 6.45) is 0.922. The van der Waals surface area contributed by atoms with Crippen LogP contribution in [0.1, 0.15) is 13.3 Å². The highest BCUT2D eigenvalue weighted by Gasteiger charge is 2.66. The molecule has 1 saturated heterocycles. The monoisotopic (exact) mass is 310 g/mol. The van der Waals surface area contributed by atoms with Crippen LogP contribution in [0.25, 0.3) is 0 Å². The number of quaternary nitrogens is 1. The third-order valence-corrected chi connectivity index (χ3v) is 7.82. The molecule has 1 aliphatic rings. The van der Waals surface area contributed by atoms with Gasteiger partial charge in [-0.15, -0.1) is 0 Å². The van der Waals surface area contributed by atoms with Crippen molar-refractivity contribution in [2.75, 3.05) is 39.6 Å². The van der Waals surface area contributed by atoms with Gasteiger partial charge in [0.1, 0.15) is 0 Å². The molecule has 0 aromatic carbocycles. The van der Waals surface area contributed by atoms with Crippen molar-refractivity contribution in [3.8, 4) is 0 Å². The molecular formula is C11H24NO5SSi+. The van der Waals surface area contributed by atoms with Gasteiger partial charge in [0, 0.05) is 34.3 Å². The van der Waals surface area contributed by atoms with Gasteiger partial charge in [-0.2, -0.15) is 11.8 Å². The van der Waals surface area contributed by atoms with Crippen molar-refractivity contribution in [3.05, 3.63) is 0 Å². The summed E-state index contributed by atoms with van der Waals surface area (Å²) in [5, 5.41) is 9.01. The minimum Gasteiger partial charge on any atom is -0.377 e. The number of hydrogen-bond acceptors (Lipinski definition) is 6. The summed E-state index contributed by atoms with van der Waals surface area (Å²) in [4.78, 5) is 12.1. The van der Waals surface area contributed by atoms with Crippen LogP contribution in [-0.2, 0) is 18.1 Å². The van der Waals surface area contributed by atoms with Crippen molar-refractivity contribution in [1.29, 1.82) is 0 Å². The average molecular weight is 310 g/mol. The van der Waals surface area contributed by atoms with Crippen molar-refractivity contribution in [3.63, 3.8) is 0 Å². The molecule has 8 heteroatoms. The minimum absolute atomic E-state index is 0.108. The number of rotatable bonds is 10. The Kier molecular flexibility index (Phi) is 6.44. The Labute approximate surface area is 119 Å². The first kappa shape index (κ1) is 17.1. The Bertz CT molecular complexity index is 307. The molecule has 6 nitrogen and oxygen atoms in total. The molecule has 0 aliphatic carbocycles. The van der Waals surface area contributed by atoms with E-state index in [-0.39, 0.29) is 12.6 Å². The molecule has 19 heavy (non-hydrogen) atoms. The smallest absolute Gasteiger partial charge is 0.377 e. The van der Waals surface area contributed by atoms with Crippen LogP contribution in [-0.4, -0.2) is 64.9 Å². The molecule has 112 valence electrons. The summed E-state index contributed by atoms with van der Waals surface area (Å²) in [6.45, 7) is 1.79. The first-order chi connectivity index (χ1) is 8.99. The number of carbonyl (C=O) groups is 1. The van der Waals surface area contributed by atoms with E-state index in [9.17, 15) is 4.79 Å². The maximum atomic E-state index is 11.5. The van der Waals surface area contributed by atoms with E-state index in [1.165, 1.54) is 0 Å². The molecule has 0 spiro atoms. The average Bonchev–Trinajstić information content (AvgIpc) is 2.96. The van der Waals surface area contributed by atoms with Crippen LogP contribution >= 0.6 is 11.8 Å². The van der Waals surface area contributed by atoms with Crippen LogP contribution in [0.3, 0.4) is 0 Å². The van der Waals surface area contributed by atoms with Gasteiger partial charge in [-0.1, -0.05) is 0 Å². The summed E-state index contributed by atoms with van der Waals surface area (Å²) < 4.78 is 16.0. The molecule has 1 aliphatic heterocycles. The Hall–Kier alpha value is 0.0369. The first-order valence-electron chi connectivity index (χ1n) is 6.25. The lowest BCUT2D eigenvalue weighted by Crippen LogP contribution is -2.98. The molecule has 0 aromatic heterocycles. The molecule has 2 atom stereocenters. The van der Waals surface area contributed by atoms with Crippen LogP contribution in [0.4, 0.5) is 0 Å². The standard InChI is InChI=1S/C11H23NO5SSi/c1-11(10(14)12(11)9-13)8-18-6-5-7-19(15-2,16-3)17-4/h13H,5-9H2,1-4H3/p+1. The summed E-state index contributed by atoms with van der Waals surface area (Å²) in [7, 11) is 2.37. The summed E-state index contributed by atoms with van der Waals surface area (Å²) in [5.74, 6) is 1.77. The number of hydrogen-bond donors (Lipinski definition) is 2. The number of carbonyl (C=O) groups excluding carboxylic acids is 1. The first-order valence-corrected chi connectivity index (χ1v) is 9.33. The fourth-order valence-corrected chi connectivity index (χ4v) is 5.26. The summed E-state index contributed by atoms with van der Waals surface area (Å²) >= 11 is 1.72. The molecule has 0 aromatic rings. The second kappa shape index (κ2) is 7.16. The molecule has 1 fully saturated rings. The van der Waals surface area contributed by atoms with Gasteiger partial charge in [0.15, 0.2) is 6.73 Å². The largest absolute Gasteiger partial charge is 0.500 e. The molecule has 2 unspecified atom stereocenters. The molecule has 2 N–H and O–H groups in total. The molecule has 0 bridgehead atoms. The van der Waals surface area contributed by atoms with Crippen LogP contribution < -0.4 is 4.90 Å². The predicted molar refractivity (Wildman–Crippen MR) is 75.0 cm³/mol. The second-order valence-corrected chi connectivity index (χ2v) is 8.95. The van der Waals surface area contributed by atoms with Gasteiger partial charge in [-0.05, 0) is 12.2 Å². The van der Waals surface area contributed by atoms with Crippen LogP contribution in [0.15, 0.2) is 0 Å². The van der Waals surface area contributed by atoms with Gasteiger partial charge in [-0.3, -0.25) is 0 Å². The highest BCUT2D eigenvalue weighted by molar-refractivity contribution is 7.99. The van der Waals surface area contributed by atoms with E-state index in [1.54, 1.807) is 33.1 Å². The number of aliphatic hydroxyl groups excluding tert-OH is 1. The quantitative estimate of drug-likeness (QED) is 0.310. The Morgan fingerprint density at radius 2 is 1.89 bits per heavy atom. The normalized spacial score (nSPS) is 26.8. The maximum Gasteiger partial charge on any atom is 0.500 e. The molecular weight excluding hydrogens is 286 g/mol. The Morgan fingerprint density at radius 3 is 2.32 bits per heavy atom. The number of amides is 1. The summed E-state index contributed by atoms with van der Waals surface area (Å²) in [6, 6.07) is 0.769. The lowest BCUT2D eigenvalue weighted by atomic mass is 10.2. The lowest BCUT2D eigenvalue weighted by Gasteiger charge is -2.24. The Morgan fingerprint density at radius 1 is 1.32 bits per heavy atom. The SMILES string of the molecule is CO[Si](CCCSCC1(C)C(=O)[NH+]1CO)(OC)OC. The third-order valence-electron chi connectivity index (χ3n) is 3.63. The van der Waals surface area contributed by atoms with Gasteiger partial charge in [-0.25, -0.2) is 9.69 Å². The molecule has 1 amide bonds. The van der Waals surface area contributed by atoms with Crippen LogP contribution in [0, 0.1) is 0 Å². The van der Waals surface area contributed by atoms with Gasteiger partial charge in [0.2, 0.25) is 5.54 Å². The van der Waals surface area contributed by atoms with E-state index < -0.39 is 14.3 Å². The van der Waals surface area contributed by atoms with Crippen LogP contribution in [0.2, 0.25) is 6.04 Å². The fraction of sp³-hybridized carbons (Fsp3) is 0.909. The van der Waals surface area contributed by atoms with Crippen molar-refractivity contribution < 1.29 is 28.1 Å². The highest BCUT2D eigenvalue weighted by Crippen LogP contribution is 2.21. The van der Waals surface area contributed by atoms with Crippen LogP contribution in [0.5, 0.6) is 0 Å². The lowest BCUT2D eigenvalue weighted by molar-refractivity contribution is -0.777. The van der Waals surface area contributed by atoms with Gasteiger partial charge in [0.25, 0.3) is 0 Å². The van der Waals surface area contributed by atoms with Gasteiger partial charge >= 0.3 is 14.7 Å². The number of aliphatic hydroxyl groups is 1. The maximum absolute atomic E-state index is 11.5. The zero-order valence-corrected chi connectivity index (χ0v) is 13.8. The molecule has 0 radical (unpaired) electrons. The van der Waals surface area contributed by atoms with E-state index in [1.807, 2.05) is 6.92 Å². The van der Waals surface area contributed by atoms with Crippen molar-refractivity contribution in [2.45, 2.75) is 24.9 Å². The molecule has 0 saturated carbocycles. The van der Waals surface area contributed by atoms with Crippen molar-refractivity contribution >= 4 is 26.5 Å². The number of nitrogens with one attached hydrogen (secondary N) is 1. The van der Waals surface area contributed by atoms with Gasteiger partial charge in [0.05, 0.1) is 5.75 Å². The van der Waals surface area contributed by atoms with E-state index in [0.717, 1.165) is 24.0 Å².